The van der Waals surface area contributed by atoms with E-state index in [1.165, 1.54) is 26.2 Å². The van der Waals surface area contributed by atoms with Crippen LogP contribution in [0.15, 0.2) is 0 Å². The van der Waals surface area contributed by atoms with Crippen molar-refractivity contribution in [3.63, 3.8) is 0 Å². The monoisotopic (exact) mass is 175 g/mol. The Labute approximate surface area is 67.3 Å². The molecular weight excluding hydrogens is 165 g/mol. The predicted molar refractivity (Wildman–Crippen MR) is 44.4 cm³/mol. The van der Waals surface area contributed by atoms with E-state index in [0.717, 1.165) is 7.51 Å². The first-order valence-electron chi connectivity index (χ1n) is 3.48. The molecule has 3 nitrogen and oxygen atoms in total. The summed E-state index contributed by atoms with van der Waals surface area (Å²) < 4.78 is 0. The molecule has 0 aliphatic carbocycles. The van der Waals surface area contributed by atoms with Gasteiger partial charge in [-0.05, 0) is 11.8 Å². The number of nitrogens with one attached hydrogen (secondary N) is 1. The Morgan fingerprint density at radius 2 is 1.70 bits per heavy atom. The van der Waals surface area contributed by atoms with Crippen molar-refractivity contribution in [3.05, 3.63) is 0 Å². The average molecular weight is 175 g/mol. The topological polar surface area (TPSA) is 18.0 Å². The zero-order valence-corrected chi connectivity index (χ0v) is 7.37. The van der Waals surface area contributed by atoms with Crippen molar-refractivity contribution in [2.75, 3.05) is 26.2 Å². The van der Waals surface area contributed by atoms with Crippen molar-refractivity contribution in [2.24, 2.45) is 0 Å². The quantitative estimate of drug-likeness (QED) is 0.471. The summed E-state index contributed by atoms with van der Waals surface area (Å²) in [6.07, 6.45) is 0.458. The molecule has 2 saturated heterocycles. The maximum atomic E-state index is 4.83. The second-order valence-corrected chi connectivity index (χ2v) is 3.65. The molecule has 0 aromatic rings. The second kappa shape index (κ2) is 2.80. The van der Waals surface area contributed by atoms with E-state index in [2.05, 4.69) is 14.9 Å². The van der Waals surface area contributed by atoms with Gasteiger partial charge in [-0.3, -0.25) is 9.80 Å². The molecule has 0 spiro atoms. The van der Waals surface area contributed by atoms with Gasteiger partial charge in [-0.25, -0.2) is 5.09 Å². The summed E-state index contributed by atoms with van der Waals surface area (Å²) in [6.45, 7) is 4.94. The molecule has 2 aliphatic heterocycles. The Morgan fingerprint density at radius 3 is 2.00 bits per heavy atom. The maximum Gasteiger partial charge on any atom is 0.125 e. The number of nitrogens with zero attached hydrogens (tertiary/aromatic N) is 2. The van der Waals surface area contributed by atoms with Crippen LogP contribution in [0.3, 0.4) is 0 Å². The van der Waals surface area contributed by atoms with Crippen LogP contribution in [0.1, 0.15) is 0 Å². The van der Waals surface area contributed by atoms with Crippen LogP contribution in [0, 0.1) is 0 Å². The van der Waals surface area contributed by atoms with Crippen LogP contribution in [0.25, 0.3) is 0 Å². The third-order valence-electron chi connectivity index (χ3n) is 1.82. The van der Waals surface area contributed by atoms with E-state index in [-0.39, 0.29) is 0 Å². The van der Waals surface area contributed by atoms with Gasteiger partial charge in [0.15, 0.2) is 0 Å². The van der Waals surface area contributed by atoms with Crippen LogP contribution in [-0.4, -0.2) is 42.3 Å². The molecule has 10 heavy (non-hydrogen) atoms. The van der Waals surface area contributed by atoms with Gasteiger partial charge in [0.25, 0.3) is 0 Å². The Balaban J connectivity index is 1.85. The van der Waals surface area contributed by atoms with E-state index in [4.69, 9.17) is 11.8 Å². The largest absolute Gasteiger partial charge is 0.273 e. The van der Waals surface area contributed by atoms with Crippen molar-refractivity contribution >= 4 is 19.3 Å². The molecule has 0 aromatic heterocycles. The molecule has 0 radical (unpaired) electrons. The minimum absolute atomic E-state index is 0.458. The maximum absolute atomic E-state index is 4.83. The van der Waals surface area contributed by atoms with Crippen molar-refractivity contribution in [1.82, 2.24) is 14.9 Å². The molecule has 5 heteroatoms. The lowest BCUT2D eigenvalue weighted by Gasteiger charge is -2.16. The summed E-state index contributed by atoms with van der Waals surface area (Å²) in [5.74, 6) is 0. The molecule has 0 saturated carbocycles. The summed E-state index contributed by atoms with van der Waals surface area (Å²) in [7, 11) is 0.875. The predicted octanol–water partition coefficient (Wildman–Crippen LogP) is -0.186. The summed E-state index contributed by atoms with van der Waals surface area (Å²) in [6, 6.07) is 0. The average Bonchev–Trinajstić information content (AvgIpc) is 2.77. The fraction of sp³-hybridized carbons (Fsp3) is 1.00. The molecular formula is C5H10N3PS. The van der Waals surface area contributed by atoms with E-state index >= 15 is 0 Å². The third-order valence-corrected chi connectivity index (χ3v) is 2.48. The molecule has 2 fully saturated rings. The Bertz CT molecular complexity index is 134. The van der Waals surface area contributed by atoms with E-state index in [1.807, 2.05) is 0 Å². The van der Waals surface area contributed by atoms with Crippen molar-refractivity contribution in [1.29, 1.82) is 0 Å². The first kappa shape index (κ1) is 7.07. The molecule has 0 unspecified atom stereocenters. The van der Waals surface area contributed by atoms with Crippen LogP contribution < -0.4 is 5.09 Å². The SMILES string of the molecule is S=PNC(N1CC1)N1CC1. The molecule has 2 heterocycles. The van der Waals surface area contributed by atoms with E-state index < -0.39 is 0 Å². The lowest BCUT2D eigenvalue weighted by Crippen LogP contribution is -2.37. The van der Waals surface area contributed by atoms with Gasteiger partial charge in [0, 0.05) is 26.2 Å². The summed E-state index contributed by atoms with van der Waals surface area (Å²) in [5.41, 5.74) is 0. The Morgan fingerprint density at radius 1 is 1.20 bits per heavy atom. The number of rotatable bonds is 4. The lowest BCUT2D eigenvalue weighted by atomic mass is 10.8. The summed E-state index contributed by atoms with van der Waals surface area (Å²) >= 11 is 4.83. The summed E-state index contributed by atoms with van der Waals surface area (Å²) in [4.78, 5) is 4.76. The zero-order valence-electron chi connectivity index (χ0n) is 5.66. The van der Waals surface area contributed by atoms with Gasteiger partial charge in [0.1, 0.15) is 6.29 Å². The molecule has 2 rings (SSSR count). The highest BCUT2D eigenvalue weighted by Crippen LogP contribution is 2.19. The molecule has 0 amide bonds. The standard InChI is InChI=1S/C5H10N3PS/c10-9-6-5(7-1-2-7)8-3-4-8/h5H,1-4H2,(H,6,10). The van der Waals surface area contributed by atoms with Gasteiger partial charge in [0.05, 0.1) is 7.51 Å². The number of hydrogen-bond donors (Lipinski definition) is 1. The van der Waals surface area contributed by atoms with Gasteiger partial charge < -0.3 is 0 Å². The highest BCUT2D eigenvalue weighted by molar-refractivity contribution is 7.95. The highest BCUT2D eigenvalue weighted by Gasteiger charge is 2.36. The van der Waals surface area contributed by atoms with Crippen molar-refractivity contribution in [3.8, 4) is 0 Å². The molecule has 0 bridgehead atoms. The van der Waals surface area contributed by atoms with Gasteiger partial charge in [0.2, 0.25) is 0 Å². The van der Waals surface area contributed by atoms with Gasteiger partial charge >= 0.3 is 0 Å². The third kappa shape index (κ3) is 1.52. The molecule has 0 aromatic carbocycles. The molecule has 2 aliphatic rings. The van der Waals surface area contributed by atoms with Crippen LogP contribution in [-0.2, 0) is 11.8 Å². The van der Waals surface area contributed by atoms with Gasteiger partial charge in [-0.2, -0.15) is 0 Å². The first-order chi connectivity index (χ1) is 4.92. The van der Waals surface area contributed by atoms with E-state index in [0.29, 0.717) is 6.29 Å². The Kier molecular flexibility index (Phi) is 1.98. The first-order valence-corrected chi connectivity index (χ1v) is 5.38. The van der Waals surface area contributed by atoms with Gasteiger partial charge in [-0.1, -0.05) is 0 Å². The van der Waals surface area contributed by atoms with Gasteiger partial charge in [-0.15, -0.1) is 0 Å². The molecule has 1 N–H and O–H groups in total. The minimum Gasteiger partial charge on any atom is -0.273 e. The van der Waals surface area contributed by atoms with Crippen LogP contribution in [0.4, 0.5) is 0 Å². The Hall–Kier alpha value is 0.400. The summed E-state index contributed by atoms with van der Waals surface area (Å²) in [5, 5.41) is 3.25. The zero-order chi connectivity index (χ0) is 6.97. The van der Waals surface area contributed by atoms with E-state index in [1.54, 1.807) is 0 Å². The number of hydrogen-bond acceptors (Lipinski definition) is 3. The minimum atomic E-state index is 0.458. The fourth-order valence-electron chi connectivity index (χ4n) is 1.05. The van der Waals surface area contributed by atoms with Crippen LogP contribution in [0.2, 0.25) is 0 Å². The normalized spacial score (nSPS) is 26.1. The smallest absolute Gasteiger partial charge is 0.125 e. The van der Waals surface area contributed by atoms with Crippen LogP contribution >= 0.6 is 7.51 Å². The molecule has 56 valence electrons. The lowest BCUT2D eigenvalue weighted by molar-refractivity contribution is 0.237. The molecule has 0 atom stereocenters. The van der Waals surface area contributed by atoms with Crippen molar-refractivity contribution in [2.45, 2.75) is 6.29 Å². The van der Waals surface area contributed by atoms with Crippen LogP contribution in [0.5, 0.6) is 0 Å². The second-order valence-electron chi connectivity index (χ2n) is 2.67. The van der Waals surface area contributed by atoms with E-state index in [9.17, 15) is 0 Å². The van der Waals surface area contributed by atoms with Crippen molar-refractivity contribution < 1.29 is 0 Å². The highest BCUT2D eigenvalue weighted by atomic mass is 32.4. The fourth-order valence-corrected chi connectivity index (χ4v) is 1.75.